The van der Waals surface area contributed by atoms with Crippen LogP contribution in [0.2, 0.25) is 0 Å². The highest BCUT2D eigenvalue weighted by molar-refractivity contribution is 7.89. The number of anilines is 1. The molecule has 0 aromatic heterocycles. The minimum Gasteiger partial charge on any atom is -0.382 e. The normalized spacial score (nSPS) is 23.5. The van der Waals surface area contributed by atoms with Crippen LogP contribution < -0.4 is 10.0 Å². The molecule has 19 heavy (non-hydrogen) atoms. The minimum atomic E-state index is -3.36. The van der Waals surface area contributed by atoms with E-state index in [4.69, 9.17) is 4.74 Å². The van der Waals surface area contributed by atoms with Crippen LogP contribution in [-0.4, -0.2) is 34.2 Å². The summed E-state index contributed by atoms with van der Waals surface area (Å²) >= 11 is 0. The van der Waals surface area contributed by atoms with Gasteiger partial charge in [-0.2, -0.15) is 0 Å². The summed E-state index contributed by atoms with van der Waals surface area (Å²) in [5.41, 5.74) is 0.780. The van der Waals surface area contributed by atoms with E-state index in [0.717, 1.165) is 31.7 Å². The lowest BCUT2D eigenvalue weighted by atomic mass is 10.0. The van der Waals surface area contributed by atoms with E-state index in [1.807, 2.05) is 0 Å². The summed E-state index contributed by atoms with van der Waals surface area (Å²) in [6, 6.07) is 6.71. The second-order valence-electron chi connectivity index (χ2n) is 4.99. The maximum atomic E-state index is 11.6. The average Bonchev–Trinajstić information content (AvgIpc) is 2.84. The first-order chi connectivity index (χ1) is 8.95. The fraction of sp³-hybridized carbons (Fsp3) is 0.538. The quantitative estimate of drug-likeness (QED) is 0.861. The molecule has 2 rings (SSSR count). The van der Waals surface area contributed by atoms with Crippen molar-refractivity contribution >= 4 is 15.7 Å². The lowest BCUT2D eigenvalue weighted by Crippen LogP contribution is -2.32. The third kappa shape index (κ3) is 3.46. The van der Waals surface area contributed by atoms with Gasteiger partial charge in [0.2, 0.25) is 10.0 Å². The standard InChI is InChI=1S/C13H20N2O3S/c1-13(8-3-9-18-13)10-15-11-4-6-12(7-5-11)19(16,17)14-2/h4-7,14-15H,3,8-10H2,1-2H3. The number of ether oxygens (including phenoxy) is 1. The number of sulfonamides is 1. The number of rotatable bonds is 5. The molecule has 1 saturated heterocycles. The van der Waals surface area contributed by atoms with E-state index < -0.39 is 10.0 Å². The van der Waals surface area contributed by atoms with Gasteiger partial charge < -0.3 is 10.1 Å². The van der Waals surface area contributed by atoms with E-state index in [1.165, 1.54) is 7.05 Å². The van der Waals surface area contributed by atoms with Crippen molar-refractivity contribution in [3.05, 3.63) is 24.3 Å². The third-order valence-electron chi connectivity index (χ3n) is 3.40. The Bertz CT molecular complexity index is 519. The molecule has 1 aliphatic rings. The molecule has 106 valence electrons. The van der Waals surface area contributed by atoms with Crippen molar-refractivity contribution in [3.8, 4) is 0 Å². The van der Waals surface area contributed by atoms with E-state index in [9.17, 15) is 8.42 Å². The summed E-state index contributed by atoms with van der Waals surface area (Å²) in [6.07, 6.45) is 2.14. The van der Waals surface area contributed by atoms with E-state index in [1.54, 1.807) is 24.3 Å². The minimum absolute atomic E-state index is 0.115. The van der Waals surface area contributed by atoms with Gasteiger partial charge in [-0.1, -0.05) is 0 Å². The molecule has 0 bridgehead atoms. The zero-order valence-electron chi connectivity index (χ0n) is 11.3. The van der Waals surface area contributed by atoms with Crippen molar-refractivity contribution in [3.63, 3.8) is 0 Å². The molecule has 0 aliphatic carbocycles. The van der Waals surface area contributed by atoms with Gasteiger partial charge in [-0.15, -0.1) is 0 Å². The second kappa shape index (κ2) is 5.48. The van der Waals surface area contributed by atoms with Gasteiger partial charge in [-0.05, 0) is 51.1 Å². The van der Waals surface area contributed by atoms with Crippen molar-refractivity contribution in [2.24, 2.45) is 0 Å². The van der Waals surface area contributed by atoms with Crippen molar-refractivity contribution in [1.29, 1.82) is 0 Å². The molecule has 0 saturated carbocycles. The average molecular weight is 284 g/mol. The van der Waals surface area contributed by atoms with Crippen molar-refractivity contribution in [2.45, 2.75) is 30.3 Å². The van der Waals surface area contributed by atoms with E-state index in [-0.39, 0.29) is 10.5 Å². The number of hydrogen-bond acceptors (Lipinski definition) is 4. The highest BCUT2D eigenvalue weighted by atomic mass is 32.2. The zero-order chi connectivity index (χ0) is 13.9. The maximum absolute atomic E-state index is 11.6. The zero-order valence-corrected chi connectivity index (χ0v) is 12.1. The Morgan fingerprint density at radius 3 is 2.53 bits per heavy atom. The Kier molecular flexibility index (Phi) is 4.13. The Hall–Kier alpha value is -1.11. The van der Waals surface area contributed by atoms with Gasteiger partial charge in [0.15, 0.2) is 0 Å². The number of nitrogens with one attached hydrogen (secondary N) is 2. The molecule has 1 unspecified atom stereocenters. The molecule has 0 radical (unpaired) electrons. The van der Waals surface area contributed by atoms with Gasteiger partial charge in [0.1, 0.15) is 0 Å². The molecule has 1 atom stereocenters. The topological polar surface area (TPSA) is 67.4 Å². The number of benzene rings is 1. The molecular formula is C13H20N2O3S. The Labute approximate surface area is 114 Å². The van der Waals surface area contributed by atoms with E-state index in [2.05, 4.69) is 17.0 Å². The Morgan fingerprint density at radius 2 is 2.00 bits per heavy atom. The lowest BCUT2D eigenvalue weighted by Gasteiger charge is -2.24. The van der Waals surface area contributed by atoms with Crippen LogP contribution in [0.4, 0.5) is 5.69 Å². The van der Waals surface area contributed by atoms with Crippen LogP contribution in [0.15, 0.2) is 29.2 Å². The van der Waals surface area contributed by atoms with Gasteiger partial charge in [0.25, 0.3) is 0 Å². The Balaban J connectivity index is 1.99. The fourth-order valence-electron chi connectivity index (χ4n) is 2.14. The molecule has 5 nitrogen and oxygen atoms in total. The maximum Gasteiger partial charge on any atom is 0.240 e. The van der Waals surface area contributed by atoms with Crippen LogP contribution in [0.5, 0.6) is 0 Å². The van der Waals surface area contributed by atoms with E-state index >= 15 is 0 Å². The monoisotopic (exact) mass is 284 g/mol. The molecule has 1 aromatic rings. The van der Waals surface area contributed by atoms with Crippen LogP contribution in [0.3, 0.4) is 0 Å². The molecule has 1 aromatic carbocycles. The SMILES string of the molecule is CNS(=O)(=O)c1ccc(NCC2(C)CCCO2)cc1. The van der Waals surface area contributed by atoms with Gasteiger partial charge in [-0.25, -0.2) is 13.1 Å². The van der Waals surface area contributed by atoms with Crippen LogP contribution in [0, 0.1) is 0 Å². The molecule has 1 aliphatic heterocycles. The molecule has 1 fully saturated rings. The Morgan fingerprint density at radius 1 is 1.32 bits per heavy atom. The predicted molar refractivity (Wildman–Crippen MR) is 74.8 cm³/mol. The molecule has 2 N–H and O–H groups in total. The number of hydrogen-bond donors (Lipinski definition) is 2. The van der Waals surface area contributed by atoms with Gasteiger partial charge in [0, 0.05) is 18.8 Å². The largest absolute Gasteiger partial charge is 0.382 e. The third-order valence-corrected chi connectivity index (χ3v) is 4.83. The van der Waals surface area contributed by atoms with Crippen molar-refractivity contribution < 1.29 is 13.2 Å². The van der Waals surface area contributed by atoms with Crippen LogP contribution >= 0.6 is 0 Å². The summed E-state index contributed by atoms with van der Waals surface area (Å²) in [6.45, 7) is 3.63. The van der Waals surface area contributed by atoms with Crippen LogP contribution in [0.1, 0.15) is 19.8 Å². The first-order valence-electron chi connectivity index (χ1n) is 6.37. The summed E-state index contributed by atoms with van der Waals surface area (Å²) in [5, 5.41) is 3.28. The summed E-state index contributed by atoms with van der Waals surface area (Å²) in [4.78, 5) is 0.267. The van der Waals surface area contributed by atoms with Gasteiger partial charge >= 0.3 is 0 Å². The second-order valence-corrected chi connectivity index (χ2v) is 6.87. The van der Waals surface area contributed by atoms with Crippen molar-refractivity contribution in [2.75, 3.05) is 25.5 Å². The highest BCUT2D eigenvalue weighted by Crippen LogP contribution is 2.25. The summed E-state index contributed by atoms with van der Waals surface area (Å²) in [5.74, 6) is 0. The lowest BCUT2D eigenvalue weighted by molar-refractivity contribution is 0.0315. The highest BCUT2D eigenvalue weighted by Gasteiger charge is 2.29. The smallest absolute Gasteiger partial charge is 0.240 e. The molecule has 0 spiro atoms. The summed E-state index contributed by atoms with van der Waals surface area (Å²) < 4.78 is 31.1. The molecule has 1 heterocycles. The van der Waals surface area contributed by atoms with Crippen LogP contribution in [-0.2, 0) is 14.8 Å². The van der Waals surface area contributed by atoms with Gasteiger partial charge in [0.05, 0.1) is 10.5 Å². The van der Waals surface area contributed by atoms with Crippen molar-refractivity contribution in [1.82, 2.24) is 4.72 Å². The fourth-order valence-corrected chi connectivity index (χ4v) is 2.87. The molecule has 0 amide bonds. The van der Waals surface area contributed by atoms with E-state index in [0.29, 0.717) is 0 Å². The van der Waals surface area contributed by atoms with Crippen LogP contribution in [0.25, 0.3) is 0 Å². The van der Waals surface area contributed by atoms with Gasteiger partial charge in [-0.3, -0.25) is 0 Å². The first kappa shape index (κ1) is 14.3. The predicted octanol–water partition coefficient (Wildman–Crippen LogP) is 1.58. The molecular weight excluding hydrogens is 264 g/mol. The molecule has 6 heteroatoms. The first-order valence-corrected chi connectivity index (χ1v) is 7.85. The summed E-state index contributed by atoms with van der Waals surface area (Å²) in [7, 11) is -1.96.